The summed E-state index contributed by atoms with van der Waals surface area (Å²) in [4.78, 5) is 40.5. The van der Waals surface area contributed by atoms with E-state index < -0.39 is 6.10 Å². The van der Waals surface area contributed by atoms with Gasteiger partial charge in [-0.15, -0.1) is 11.3 Å². The molecular formula is C36H46N4O5S. The van der Waals surface area contributed by atoms with Crippen molar-refractivity contribution in [3.8, 4) is 16.2 Å². The van der Waals surface area contributed by atoms with E-state index in [0.717, 1.165) is 53.3 Å². The lowest BCUT2D eigenvalue weighted by molar-refractivity contribution is -0.124. The summed E-state index contributed by atoms with van der Waals surface area (Å²) >= 11 is 1.68. The van der Waals surface area contributed by atoms with Gasteiger partial charge in [-0.05, 0) is 111 Å². The highest BCUT2D eigenvalue weighted by atomic mass is 32.1. The number of hydrogen-bond acceptors (Lipinski definition) is 8. The number of thiazole rings is 1. The van der Waals surface area contributed by atoms with E-state index >= 15 is 0 Å². The summed E-state index contributed by atoms with van der Waals surface area (Å²) in [5.74, 6) is 2.51. The molecule has 0 atom stereocenters. The van der Waals surface area contributed by atoms with E-state index in [-0.39, 0.29) is 24.0 Å². The number of likely N-dealkylation sites (tertiary alicyclic amines) is 1. The number of ether oxygens (including phenoxy) is 2. The average Bonchev–Trinajstić information content (AvgIpc) is 3.56. The Kier molecular flexibility index (Phi) is 10.2. The highest BCUT2D eigenvalue weighted by Gasteiger charge is 2.36. The molecular weight excluding hydrogens is 600 g/mol. The van der Waals surface area contributed by atoms with E-state index in [1.807, 2.05) is 29.4 Å². The third-order valence-electron chi connectivity index (χ3n) is 10.0. The molecule has 3 heterocycles. The van der Waals surface area contributed by atoms with Gasteiger partial charge >= 0.3 is 6.09 Å². The van der Waals surface area contributed by atoms with Crippen LogP contribution in [-0.4, -0.2) is 70.9 Å². The topological polar surface area (TPSA) is 105 Å². The normalized spacial score (nSPS) is 23.4. The Balaban J connectivity index is 1.14. The van der Waals surface area contributed by atoms with Crippen LogP contribution in [0.4, 0.5) is 10.6 Å². The number of β-amino-alcohol motifs (C(OH)–C–C–N with tert-alkyl or cyclic N) is 1. The minimum absolute atomic E-state index is 0.117. The maximum absolute atomic E-state index is 14.3. The first kappa shape index (κ1) is 32.4. The fourth-order valence-electron chi connectivity index (χ4n) is 7.18. The summed E-state index contributed by atoms with van der Waals surface area (Å²) < 4.78 is 11.2. The van der Waals surface area contributed by atoms with E-state index in [1.165, 1.54) is 16.0 Å². The van der Waals surface area contributed by atoms with Gasteiger partial charge in [0, 0.05) is 24.9 Å². The summed E-state index contributed by atoms with van der Waals surface area (Å²) in [6, 6.07) is 10.6. The standard InChI is InChI=1S/C36H46N4O5S/c1-4-34-38-19-32(46-34)28-15-16-37-33(18-28)40(20-24-5-7-25(8-6-24)27-11-14-31(44-3)23(2)17-27)35(42)26-9-12-30(13-10-26)45-36(43)39-21-29(41)22-39/h11,14-19,24-26,29-30,41H,4-10,12-13,20-22H2,1-3H3. The second-order valence-corrected chi connectivity index (χ2v) is 14.3. The molecule has 6 rings (SSSR count). The van der Waals surface area contributed by atoms with Crippen LogP contribution in [0.5, 0.6) is 5.75 Å². The van der Waals surface area contributed by atoms with Crippen molar-refractivity contribution < 1.29 is 24.2 Å². The average molecular weight is 647 g/mol. The molecule has 9 nitrogen and oxygen atoms in total. The van der Waals surface area contributed by atoms with Crippen LogP contribution in [0.2, 0.25) is 0 Å². The summed E-state index contributed by atoms with van der Waals surface area (Å²) in [6.45, 7) is 5.52. The van der Waals surface area contributed by atoms with Gasteiger partial charge in [-0.3, -0.25) is 9.69 Å². The van der Waals surface area contributed by atoms with Gasteiger partial charge in [-0.25, -0.2) is 14.8 Å². The predicted octanol–water partition coefficient (Wildman–Crippen LogP) is 6.76. The Morgan fingerprint density at radius 3 is 2.43 bits per heavy atom. The van der Waals surface area contributed by atoms with Crippen molar-refractivity contribution in [1.82, 2.24) is 14.9 Å². The Morgan fingerprint density at radius 2 is 1.78 bits per heavy atom. The largest absolute Gasteiger partial charge is 0.496 e. The molecule has 46 heavy (non-hydrogen) atoms. The number of aliphatic hydroxyl groups excluding tert-OH is 1. The van der Waals surface area contributed by atoms with Crippen molar-refractivity contribution >= 4 is 29.2 Å². The van der Waals surface area contributed by atoms with E-state index in [2.05, 4.69) is 37.0 Å². The van der Waals surface area contributed by atoms with Crippen LogP contribution < -0.4 is 9.64 Å². The summed E-state index contributed by atoms with van der Waals surface area (Å²) in [5, 5.41) is 10.6. The number of methoxy groups -OCH3 is 1. The molecule has 0 spiro atoms. The molecule has 3 aliphatic rings. The third-order valence-corrected chi connectivity index (χ3v) is 11.2. The smallest absolute Gasteiger partial charge is 0.410 e. The summed E-state index contributed by atoms with van der Waals surface area (Å²) in [7, 11) is 1.71. The van der Waals surface area contributed by atoms with Crippen LogP contribution in [0.15, 0.2) is 42.7 Å². The number of pyridine rings is 1. The zero-order chi connectivity index (χ0) is 32.2. The molecule has 1 aliphatic heterocycles. The van der Waals surface area contributed by atoms with Crippen LogP contribution in [-0.2, 0) is 16.0 Å². The maximum Gasteiger partial charge on any atom is 0.410 e. The number of rotatable bonds is 9. The first-order valence-electron chi connectivity index (χ1n) is 16.8. The number of nitrogens with zero attached hydrogens (tertiary/aromatic N) is 4. The lowest BCUT2D eigenvalue weighted by Gasteiger charge is -2.38. The molecule has 0 radical (unpaired) electrons. The number of carbonyl (C=O) groups excluding carboxylic acids is 2. The summed E-state index contributed by atoms with van der Waals surface area (Å²) in [6.07, 6.45) is 10.6. The minimum Gasteiger partial charge on any atom is -0.496 e. The predicted molar refractivity (Wildman–Crippen MR) is 179 cm³/mol. The SMILES string of the molecule is CCc1ncc(-c2ccnc(N(CC3CCC(c4ccc(OC)c(C)c4)CC3)C(=O)C3CCC(OC(=O)N4CC(O)C4)CC3)c2)s1. The van der Waals surface area contributed by atoms with Gasteiger partial charge in [0.05, 0.1) is 36.2 Å². The monoisotopic (exact) mass is 646 g/mol. The van der Waals surface area contributed by atoms with Crippen molar-refractivity contribution in [2.24, 2.45) is 11.8 Å². The quantitative estimate of drug-likeness (QED) is 0.274. The van der Waals surface area contributed by atoms with E-state index in [4.69, 9.17) is 14.5 Å². The lowest BCUT2D eigenvalue weighted by Crippen LogP contribution is -2.54. The van der Waals surface area contributed by atoms with Crippen LogP contribution in [0, 0.1) is 18.8 Å². The van der Waals surface area contributed by atoms with Gasteiger partial charge in [-0.2, -0.15) is 0 Å². The molecule has 1 saturated heterocycles. The van der Waals surface area contributed by atoms with Crippen molar-refractivity contribution in [3.63, 3.8) is 0 Å². The molecule has 3 aromatic rings. The molecule has 10 heteroatoms. The minimum atomic E-state index is -0.453. The molecule has 3 fully saturated rings. The molecule has 0 bridgehead atoms. The van der Waals surface area contributed by atoms with Crippen molar-refractivity contribution in [3.05, 3.63) is 58.9 Å². The van der Waals surface area contributed by atoms with E-state index in [9.17, 15) is 14.7 Å². The van der Waals surface area contributed by atoms with Gasteiger partial charge in [0.1, 0.15) is 17.7 Å². The fourth-order valence-corrected chi connectivity index (χ4v) is 8.04. The molecule has 2 aliphatic carbocycles. The molecule has 1 N–H and O–H groups in total. The third kappa shape index (κ3) is 7.39. The fraction of sp³-hybridized carbons (Fsp3) is 0.556. The second-order valence-electron chi connectivity index (χ2n) is 13.2. The molecule has 1 aromatic carbocycles. The Hall–Kier alpha value is -3.50. The molecule has 0 unspecified atom stereocenters. The molecule has 2 saturated carbocycles. The van der Waals surface area contributed by atoms with Crippen molar-refractivity contribution in [1.29, 1.82) is 0 Å². The Morgan fingerprint density at radius 1 is 1.02 bits per heavy atom. The first-order chi connectivity index (χ1) is 22.3. The van der Waals surface area contributed by atoms with Crippen LogP contribution in [0.1, 0.15) is 80.3 Å². The highest BCUT2D eigenvalue weighted by Crippen LogP contribution is 2.39. The number of carbonyl (C=O) groups is 2. The van der Waals surface area contributed by atoms with E-state index in [1.54, 1.807) is 18.4 Å². The van der Waals surface area contributed by atoms with Gasteiger partial charge in [0.15, 0.2) is 0 Å². The molecule has 2 aromatic heterocycles. The molecule has 246 valence electrons. The highest BCUT2D eigenvalue weighted by molar-refractivity contribution is 7.15. The van der Waals surface area contributed by atoms with E-state index in [0.29, 0.717) is 63.0 Å². The van der Waals surface area contributed by atoms with Crippen LogP contribution in [0.3, 0.4) is 0 Å². The Bertz CT molecular complexity index is 1510. The zero-order valence-electron chi connectivity index (χ0n) is 27.2. The van der Waals surface area contributed by atoms with Crippen molar-refractivity contribution in [2.45, 2.75) is 89.8 Å². The summed E-state index contributed by atoms with van der Waals surface area (Å²) in [5.41, 5.74) is 3.57. The lowest BCUT2D eigenvalue weighted by atomic mass is 9.78. The molecule has 2 amide bonds. The number of benzene rings is 1. The van der Waals surface area contributed by atoms with Gasteiger partial charge in [0.2, 0.25) is 5.91 Å². The second kappa shape index (κ2) is 14.5. The number of hydrogen-bond donors (Lipinski definition) is 1. The number of aromatic nitrogens is 2. The van der Waals surface area contributed by atoms with Gasteiger partial charge in [-0.1, -0.05) is 19.1 Å². The van der Waals surface area contributed by atoms with Crippen molar-refractivity contribution in [2.75, 3.05) is 31.6 Å². The number of aliphatic hydroxyl groups is 1. The van der Waals surface area contributed by atoms with Gasteiger partial charge in [0.25, 0.3) is 0 Å². The maximum atomic E-state index is 14.3. The van der Waals surface area contributed by atoms with Crippen LogP contribution >= 0.6 is 11.3 Å². The van der Waals surface area contributed by atoms with Gasteiger partial charge < -0.3 is 19.5 Å². The first-order valence-corrected chi connectivity index (χ1v) is 17.6. The number of amides is 2. The zero-order valence-corrected chi connectivity index (χ0v) is 28.0. The number of aryl methyl sites for hydroxylation is 2. The number of anilines is 1. The van der Waals surface area contributed by atoms with Crippen LogP contribution in [0.25, 0.3) is 10.4 Å². The Labute approximate surface area is 276 Å².